The van der Waals surface area contributed by atoms with Gasteiger partial charge in [-0.25, -0.2) is 4.79 Å². The number of nitrogens with zero attached hydrogens (tertiary/aromatic N) is 3. The number of fused-ring (bicyclic) bond motifs is 1. The Labute approximate surface area is 127 Å². The zero-order chi connectivity index (χ0) is 16.1. The van der Waals surface area contributed by atoms with Crippen molar-refractivity contribution in [3.8, 4) is 0 Å². The number of rotatable bonds is 8. The highest BCUT2D eigenvalue weighted by Gasteiger charge is 2.16. The molecule has 0 bridgehead atoms. The van der Waals surface area contributed by atoms with Crippen LogP contribution in [0.2, 0.25) is 0 Å². The molecule has 0 amide bonds. The van der Waals surface area contributed by atoms with Crippen molar-refractivity contribution in [1.29, 1.82) is 0 Å². The molecule has 0 fully saturated rings. The molecule has 0 aliphatic carbocycles. The van der Waals surface area contributed by atoms with E-state index in [0.29, 0.717) is 17.1 Å². The molecule has 122 valence electrons. The number of hydrogen-bond donors (Lipinski definition) is 3. The van der Waals surface area contributed by atoms with Crippen LogP contribution in [0.1, 0.15) is 32.6 Å². The number of imidazole rings is 1. The fourth-order valence-corrected chi connectivity index (χ4v) is 2.44. The second kappa shape index (κ2) is 7.26. The van der Waals surface area contributed by atoms with Gasteiger partial charge in [0.1, 0.15) is 0 Å². The molecule has 2 heterocycles. The van der Waals surface area contributed by atoms with Crippen LogP contribution in [0.25, 0.3) is 11.2 Å². The smallest absolute Gasteiger partial charge is 0.329 e. The van der Waals surface area contributed by atoms with Crippen LogP contribution in [0, 0.1) is 0 Å². The highest BCUT2D eigenvalue weighted by atomic mass is 16.3. The van der Waals surface area contributed by atoms with Crippen molar-refractivity contribution < 1.29 is 5.11 Å². The van der Waals surface area contributed by atoms with Crippen LogP contribution in [-0.2, 0) is 13.6 Å². The number of hydrogen-bond acceptors (Lipinski definition) is 5. The number of aromatic amines is 1. The number of nitrogens with one attached hydrogen (secondary N) is 2. The highest BCUT2D eigenvalue weighted by molar-refractivity contribution is 5.74. The molecule has 8 heteroatoms. The van der Waals surface area contributed by atoms with Gasteiger partial charge in [-0.2, -0.15) is 4.98 Å². The van der Waals surface area contributed by atoms with Gasteiger partial charge in [0.2, 0.25) is 5.95 Å². The second-order valence-corrected chi connectivity index (χ2v) is 5.29. The lowest BCUT2D eigenvalue weighted by molar-refractivity contribution is 0.278. The van der Waals surface area contributed by atoms with Crippen molar-refractivity contribution >= 4 is 17.1 Å². The molecule has 2 rings (SSSR count). The van der Waals surface area contributed by atoms with Crippen molar-refractivity contribution in [1.82, 2.24) is 19.1 Å². The van der Waals surface area contributed by atoms with Gasteiger partial charge in [0.25, 0.3) is 5.56 Å². The topological polar surface area (TPSA) is 105 Å². The number of aromatic nitrogens is 4. The minimum Gasteiger partial charge on any atom is -0.395 e. The molecule has 0 radical (unpaired) electrons. The first-order chi connectivity index (χ1) is 10.6. The van der Waals surface area contributed by atoms with Gasteiger partial charge in [-0.3, -0.25) is 14.3 Å². The maximum absolute atomic E-state index is 12.0. The average Bonchev–Trinajstić information content (AvgIpc) is 2.85. The van der Waals surface area contributed by atoms with Crippen molar-refractivity contribution in [2.24, 2.45) is 7.05 Å². The SMILES string of the molecule is CCCCCCNc1nc2c(c(=O)[nH]c(=O)n2C)n1CCO. The summed E-state index contributed by atoms with van der Waals surface area (Å²) in [6, 6.07) is 0. The second-order valence-electron chi connectivity index (χ2n) is 5.29. The lowest BCUT2D eigenvalue weighted by Gasteiger charge is -2.08. The van der Waals surface area contributed by atoms with Gasteiger partial charge in [-0.1, -0.05) is 26.2 Å². The summed E-state index contributed by atoms with van der Waals surface area (Å²) in [5.41, 5.74) is -0.371. The normalized spacial score (nSPS) is 11.2. The minimum atomic E-state index is -0.499. The molecule has 0 aliphatic rings. The maximum atomic E-state index is 12.0. The van der Waals surface area contributed by atoms with E-state index in [4.69, 9.17) is 0 Å². The van der Waals surface area contributed by atoms with E-state index in [-0.39, 0.29) is 13.2 Å². The largest absolute Gasteiger partial charge is 0.395 e. The van der Waals surface area contributed by atoms with E-state index in [0.717, 1.165) is 19.4 Å². The van der Waals surface area contributed by atoms with E-state index in [2.05, 4.69) is 22.2 Å². The van der Waals surface area contributed by atoms with Crippen molar-refractivity contribution in [3.05, 3.63) is 20.8 Å². The lowest BCUT2D eigenvalue weighted by Crippen LogP contribution is -2.29. The predicted octanol–water partition coefficient (Wildman–Crippen LogP) is 0.408. The number of aliphatic hydroxyl groups excluding tert-OH is 1. The zero-order valence-corrected chi connectivity index (χ0v) is 13.1. The number of aliphatic hydroxyl groups is 1. The maximum Gasteiger partial charge on any atom is 0.329 e. The average molecular weight is 309 g/mol. The molecule has 0 atom stereocenters. The standard InChI is InChI=1S/C14H23N5O3/c1-3-4-5-6-7-15-13-16-11-10(19(13)8-9-20)12(21)17-14(22)18(11)2/h20H,3-9H2,1-2H3,(H,15,16)(H,17,21,22). The van der Waals surface area contributed by atoms with E-state index < -0.39 is 11.2 Å². The summed E-state index contributed by atoms with van der Waals surface area (Å²) < 4.78 is 2.92. The molecule has 22 heavy (non-hydrogen) atoms. The molecular formula is C14H23N5O3. The van der Waals surface area contributed by atoms with Crippen LogP contribution in [0.15, 0.2) is 9.59 Å². The molecular weight excluding hydrogens is 286 g/mol. The quantitative estimate of drug-likeness (QED) is 0.613. The first-order valence-corrected chi connectivity index (χ1v) is 7.64. The third-order valence-corrected chi connectivity index (χ3v) is 3.64. The van der Waals surface area contributed by atoms with Crippen molar-refractivity contribution in [2.75, 3.05) is 18.5 Å². The van der Waals surface area contributed by atoms with Crippen LogP contribution < -0.4 is 16.6 Å². The van der Waals surface area contributed by atoms with Crippen molar-refractivity contribution in [3.63, 3.8) is 0 Å². The van der Waals surface area contributed by atoms with Crippen LogP contribution in [0.4, 0.5) is 5.95 Å². The Hall–Kier alpha value is -2.09. The summed E-state index contributed by atoms with van der Waals surface area (Å²) in [5.74, 6) is 0.507. The first-order valence-electron chi connectivity index (χ1n) is 7.64. The predicted molar refractivity (Wildman–Crippen MR) is 85.3 cm³/mol. The molecule has 2 aromatic heterocycles. The Balaban J connectivity index is 2.35. The first kappa shape index (κ1) is 16.3. The molecule has 0 spiro atoms. The van der Waals surface area contributed by atoms with Crippen molar-refractivity contribution in [2.45, 2.75) is 39.2 Å². The van der Waals surface area contributed by atoms with Gasteiger partial charge in [0.15, 0.2) is 11.2 Å². The Bertz CT molecular complexity index is 743. The van der Waals surface area contributed by atoms with E-state index in [1.54, 1.807) is 11.6 Å². The molecule has 0 aliphatic heterocycles. The molecule has 8 nitrogen and oxygen atoms in total. The minimum absolute atomic E-state index is 0.113. The Morgan fingerprint density at radius 3 is 2.73 bits per heavy atom. The fourth-order valence-electron chi connectivity index (χ4n) is 2.44. The highest BCUT2D eigenvalue weighted by Crippen LogP contribution is 2.15. The summed E-state index contributed by atoms with van der Waals surface area (Å²) in [5, 5.41) is 12.4. The van der Waals surface area contributed by atoms with Gasteiger partial charge in [-0.05, 0) is 6.42 Å². The van der Waals surface area contributed by atoms with E-state index in [1.165, 1.54) is 17.4 Å². The lowest BCUT2D eigenvalue weighted by atomic mass is 10.2. The van der Waals surface area contributed by atoms with Crippen LogP contribution >= 0.6 is 0 Å². The number of aryl methyl sites for hydroxylation is 1. The summed E-state index contributed by atoms with van der Waals surface area (Å²) in [6.45, 7) is 3.02. The fraction of sp³-hybridized carbons (Fsp3) is 0.643. The van der Waals surface area contributed by atoms with Gasteiger partial charge in [-0.15, -0.1) is 0 Å². The van der Waals surface area contributed by atoms with Gasteiger partial charge >= 0.3 is 5.69 Å². The Morgan fingerprint density at radius 1 is 1.27 bits per heavy atom. The van der Waals surface area contributed by atoms with Gasteiger partial charge in [0.05, 0.1) is 6.61 Å². The van der Waals surface area contributed by atoms with Gasteiger partial charge in [0, 0.05) is 20.1 Å². The molecule has 2 aromatic rings. The van der Waals surface area contributed by atoms with Crippen LogP contribution in [-0.4, -0.2) is 37.4 Å². The monoisotopic (exact) mass is 309 g/mol. The third kappa shape index (κ3) is 3.22. The summed E-state index contributed by atoms with van der Waals surface area (Å²) in [4.78, 5) is 30.3. The molecule has 0 unspecified atom stereocenters. The third-order valence-electron chi connectivity index (χ3n) is 3.64. The van der Waals surface area contributed by atoms with Gasteiger partial charge < -0.3 is 15.0 Å². The summed E-state index contributed by atoms with van der Waals surface area (Å²) in [7, 11) is 1.56. The Morgan fingerprint density at radius 2 is 2.05 bits per heavy atom. The van der Waals surface area contributed by atoms with Crippen LogP contribution in [0.3, 0.4) is 0 Å². The zero-order valence-electron chi connectivity index (χ0n) is 13.1. The molecule has 3 N–H and O–H groups in total. The van der Waals surface area contributed by atoms with E-state index in [9.17, 15) is 14.7 Å². The molecule has 0 aromatic carbocycles. The van der Waals surface area contributed by atoms with Crippen LogP contribution in [0.5, 0.6) is 0 Å². The van der Waals surface area contributed by atoms with E-state index in [1.807, 2.05) is 0 Å². The number of anilines is 1. The Kier molecular flexibility index (Phi) is 5.37. The molecule has 0 saturated heterocycles. The van der Waals surface area contributed by atoms with E-state index >= 15 is 0 Å². The number of unbranched alkanes of at least 4 members (excludes halogenated alkanes) is 3. The summed E-state index contributed by atoms with van der Waals surface area (Å²) >= 11 is 0. The molecule has 0 saturated carbocycles. The number of H-pyrrole nitrogens is 1. The summed E-state index contributed by atoms with van der Waals surface area (Å²) in [6.07, 6.45) is 4.48.